The van der Waals surface area contributed by atoms with Crippen molar-refractivity contribution in [1.29, 1.82) is 0 Å². The van der Waals surface area contributed by atoms with E-state index in [4.69, 9.17) is 0 Å². The highest BCUT2D eigenvalue weighted by Crippen LogP contribution is 2.31. The molecular weight excluding hydrogens is 462 g/mol. The molecule has 31 heavy (non-hydrogen) atoms. The van der Waals surface area contributed by atoms with Gasteiger partial charge in [-0.3, -0.25) is 14.4 Å². The molecule has 2 aromatic rings. The van der Waals surface area contributed by atoms with Crippen molar-refractivity contribution in [3.05, 3.63) is 64.1 Å². The Morgan fingerprint density at radius 3 is 2.55 bits per heavy atom. The van der Waals surface area contributed by atoms with Crippen LogP contribution >= 0.6 is 15.9 Å². The Kier molecular flexibility index (Phi) is 6.80. The van der Waals surface area contributed by atoms with Gasteiger partial charge in [-0.2, -0.15) is 0 Å². The fourth-order valence-corrected chi connectivity index (χ4v) is 4.45. The normalized spacial score (nSPS) is 16.0. The lowest BCUT2D eigenvalue weighted by Gasteiger charge is -2.34. The van der Waals surface area contributed by atoms with Crippen LogP contribution in [0, 0.1) is 13.8 Å². The van der Waals surface area contributed by atoms with Gasteiger partial charge in [-0.15, -0.1) is 0 Å². The summed E-state index contributed by atoms with van der Waals surface area (Å²) in [5.74, 6) is -1.30. The quantitative estimate of drug-likeness (QED) is 0.442. The molecule has 1 aliphatic rings. The van der Waals surface area contributed by atoms with E-state index in [0.29, 0.717) is 13.0 Å². The molecule has 1 heterocycles. The van der Waals surface area contributed by atoms with E-state index in [1.54, 1.807) is 4.90 Å². The topological polar surface area (TPSA) is 98.7 Å². The fraction of sp³-hybridized carbons (Fsp3) is 0.261. The van der Waals surface area contributed by atoms with Crippen molar-refractivity contribution in [2.75, 3.05) is 16.8 Å². The number of nitrogens with one attached hydrogen (secondary N) is 2. The van der Waals surface area contributed by atoms with Crippen LogP contribution in [0.5, 0.6) is 5.75 Å². The number of rotatable bonds is 5. The van der Waals surface area contributed by atoms with E-state index < -0.39 is 17.9 Å². The van der Waals surface area contributed by atoms with Gasteiger partial charge in [0.25, 0.3) is 5.91 Å². The minimum atomic E-state index is -0.663. The molecule has 3 N–H and O–H groups in total. The predicted molar refractivity (Wildman–Crippen MR) is 123 cm³/mol. The highest BCUT2D eigenvalue weighted by atomic mass is 79.9. The SMILES string of the molecule is C=CC(=O)Nc1cc(C(=O)NC2CCCN(c3c(C)cc(Br)cc3C)C2=O)ccc1O. The van der Waals surface area contributed by atoms with Crippen LogP contribution in [-0.2, 0) is 9.59 Å². The maximum absolute atomic E-state index is 13.2. The van der Waals surface area contributed by atoms with E-state index in [2.05, 4.69) is 33.1 Å². The Morgan fingerprint density at radius 1 is 1.23 bits per heavy atom. The zero-order valence-corrected chi connectivity index (χ0v) is 19.0. The van der Waals surface area contributed by atoms with Crippen LogP contribution in [-0.4, -0.2) is 35.4 Å². The van der Waals surface area contributed by atoms with E-state index >= 15 is 0 Å². The molecule has 3 rings (SSSR count). The van der Waals surface area contributed by atoms with Gasteiger partial charge in [0, 0.05) is 22.3 Å². The molecule has 1 aliphatic heterocycles. The highest BCUT2D eigenvalue weighted by molar-refractivity contribution is 9.10. The number of amides is 3. The number of halogens is 1. The lowest BCUT2D eigenvalue weighted by molar-refractivity contribution is -0.121. The van der Waals surface area contributed by atoms with Crippen molar-refractivity contribution >= 4 is 45.0 Å². The fourth-order valence-electron chi connectivity index (χ4n) is 3.76. The van der Waals surface area contributed by atoms with E-state index in [-0.39, 0.29) is 22.9 Å². The third kappa shape index (κ3) is 4.96. The summed E-state index contributed by atoms with van der Waals surface area (Å²) in [5, 5.41) is 15.2. The second kappa shape index (κ2) is 9.34. The van der Waals surface area contributed by atoms with Crippen LogP contribution < -0.4 is 15.5 Å². The first-order valence-electron chi connectivity index (χ1n) is 9.86. The Bertz CT molecular complexity index is 1040. The van der Waals surface area contributed by atoms with Crippen molar-refractivity contribution in [3.8, 4) is 5.75 Å². The molecule has 3 amide bonds. The number of carbonyl (C=O) groups is 3. The molecule has 0 aromatic heterocycles. The number of phenols is 1. The zero-order valence-electron chi connectivity index (χ0n) is 17.4. The Morgan fingerprint density at radius 2 is 1.90 bits per heavy atom. The number of anilines is 2. The van der Waals surface area contributed by atoms with E-state index in [1.165, 1.54) is 18.2 Å². The largest absolute Gasteiger partial charge is 0.506 e. The monoisotopic (exact) mass is 485 g/mol. The summed E-state index contributed by atoms with van der Waals surface area (Å²) in [5.41, 5.74) is 3.14. The van der Waals surface area contributed by atoms with Crippen LogP contribution in [0.1, 0.15) is 34.3 Å². The molecule has 1 atom stereocenters. The minimum Gasteiger partial charge on any atom is -0.506 e. The van der Waals surface area contributed by atoms with Crippen LogP contribution in [0.4, 0.5) is 11.4 Å². The van der Waals surface area contributed by atoms with E-state index in [0.717, 1.165) is 33.8 Å². The smallest absolute Gasteiger partial charge is 0.252 e. The molecule has 162 valence electrons. The Hall–Kier alpha value is -3.13. The molecule has 0 bridgehead atoms. The molecule has 0 radical (unpaired) electrons. The number of nitrogens with zero attached hydrogens (tertiary/aromatic N) is 1. The third-order valence-corrected chi connectivity index (χ3v) is 5.63. The molecular formula is C23H24BrN3O4. The van der Waals surface area contributed by atoms with Gasteiger partial charge >= 0.3 is 0 Å². The second-order valence-electron chi connectivity index (χ2n) is 7.47. The maximum Gasteiger partial charge on any atom is 0.252 e. The van der Waals surface area contributed by atoms with Gasteiger partial charge in [-0.05, 0) is 74.2 Å². The van der Waals surface area contributed by atoms with Crippen molar-refractivity contribution < 1.29 is 19.5 Å². The molecule has 1 fully saturated rings. The zero-order chi connectivity index (χ0) is 22.7. The number of carbonyl (C=O) groups excluding carboxylic acids is 3. The number of phenolic OH excluding ortho intramolecular Hbond substituents is 1. The van der Waals surface area contributed by atoms with Gasteiger partial charge in [0.1, 0.15) is 11.8 Å². The van der Waals surface area contributed by atoms with E-state index in [9.17, 15) is 19.5 Å². The summed E-state index contributed by atoms with van der Waals surface area (Å²) in [4.78, 5) is 39.2. The van der Waals surface area contributed by atoms with Gasteiger partial charge in [0.15, 0.2) is 0 Å². The van der Waals surface area contributed by atoms with Crippen LogP contribution in [0.15, 0.2) is 47.5 Å². The first kappa shape index (κ1) is 22.6. The molecule has 0 aliphatic carbocycles. The minimum absolute atomic E-state index is 0.0928. The van der Waals surface area contributed by atoms with Crippen LogP contribution in [0.2, 0.25) is 0 Å². The highest BCUT2D eigenvalue weighted by Gasteiger charge is 2.32. The third-order valence-electron chi connectivity index (χ3n) is 5.17. The number of hydrogen-bond donors (Lipinski definition) is 3. The van der Waals surface area contributed by atoms with Gasteiger partial charge in [0.2, 0.25) is 11.8 Å². The molecule has 7 nitrogen and oxygen atoms in total. The lowest BCUT2D eigenvalue weighted by atomic mass is 10.00. The van der Waals surface area contributed by atoms with Crippen molar-refractivity contribution in [3.63, 3.8) is 0 Å². The van der Waals surface area contributed by atoms with Gasteiger partial charge in [-0.1, -0.05) is 22.5 Å². The predicted octanol–water partition coefficient (Wildman–Crippen LogP) is 3.82. The van der Waals surface area contributed by atoms with Crippen molar-refractivity contribution in [1.82, 2.24) is 5.32 Å². The average molecular weight is 486 g/mol. The summed E-state index contributed by atoms with van der Waals surface area (Å²) in [7, 11) is 0. The van der Waals surface area contributed by atoms with Crippen molar-refractivity contribution in [2.24, 2.45) is 0 Å². The first-order valence-corrected chi connectivity index (χ1v) is 10.7. The summed E-state index contributed by atoms with van der Waals surface area (Å²) in [6.07, 6.45) is 2.35. The summed E-state index contributed by atoms with van der Waals surface area (Å²) >= 11 is 3.48. The number of aromatic hydroxyl groups is 1. The average Bonchev–Trinajstić information content (AvgIpc) is 2.71. The van der Waals surface area contributed by atoms with Crippen molar-refractivity contribution in [2.45, 2.75) is 32.7 Å². The maximum atomic E-state index is 13.2. The number of benzene rings is 2. The van der Waals surface area contributed by atoms with Crippen LogP contribution in [0.3, 0.4) is 0 Å². The summed E-state index contributed by atoms with van der Waals surface area (Å²) in [6.45, 7) is 7.86. The Balaban J connectivity index is 1.79. The van der Waals surface area contributed by atoms with Gasteiger partial charge in [0.05, 0.1) is 5.69 Å². The molecule has 2 aromatic carbocycles. The second-order valence-corrected chi connectivity index (χ2v) is 8.39. The molecule has 1 unspecified atom stereocenters. The summed E-state index contributed by atoms with van der Waals surface area (Å²) in [6, 6.07) is 7.38. The standard InChI is InChI=1S/C23H24BrN3O4/c1-4-20(29)25-18-12-15(7-8-19(18)28)22(30)26-17-6-5-9-27(23(17)31)21-13(2)10-16(24)11-14(21)3/h4,7-8,10-12,17,28H,1,5-6,9H2,2-3H3,(H,25,29)(H,26,30). The number of hydrogen-bond acceptors (Lipinski definition) is 4. The number of aryl methyl sites for hydroxylation is 2. The molecule has 1 saturated heterocycles. The lowest BCUT2D eigenvalue weighted by Crippen LogP contribution is -2.52. The van der Waals surface area contributed by atoms with Gasteiger partial charge < -0.3 is 20.6 Å². The first-order chi connectivity index (χ1) is 14.7. The summed E-state index contributed by atoms with van der Waals surface area (Å²) < 4.78 is 0.951. The number of piperidine rings is 1. The molecule has 0 saturated carbocycles. The van der Waals surface area contributed by atoms with Crippen LogP contribution in [0.25, 0.3) is 0 Å². The molecule has 8 heteroatoms. The molecule has 0 spiro atoms. The van der Waals surface area contributed by atoms with Gasteiger partial charge in [-0.25, -0.2) is 0 Å². The van der Waals surface area contributed by atoms with E-state index in [1.807, 2.05) is 26.0 Å². The Labute approximate surface area is 189 Å².